The molecule has 0 amide bonds. The molecule has 6 N–H and O–H groups in total. The molecule has 0 saturated carbocycles. The minimum Gasteiger partial charge on any atom is -0.388 e. The number of carbonyl (C=O) groups excluding carboxylic acids is 2. The molecule has 2 fully saturated rings. The lowest BCUT2D eigenvalue weighted by Crippen LogP contribution is -2.63. The van der Waals surface area contributed by atoms with Gasteiger partial charge in [-0.05, 0) is 24.0 Å². The molecule has 0 radical (unpaired) electrons. The van der Waals surface area contributed by atoms with Crippen molar-refractivity contribution in [1.29, 1.82) is 0 Å². The number of aliphatic hydroxyl groups excluding tert-OH is 6. The van der Waals surface area contributed by atoms with Crippen LogP contribution in [0.4, 0.5) is 0 Å². The van der Waals surface area contributed by atoms with Crippen molar-refractivity contribution in [2.75, 3.05) is 0 Å². The Bertz CT molecular complexity index is 1030. The molecule has 2 aromatic rings. The highest BCUT2D eigenvalue weighted by Gasteiger charge is 2.49. The summed E-state index contributed by atoms with van der Waals surface area (Å²) in [4.78, 5) is 24.9. The summed E-state index contributed by atoms with van der Waals surface area (Å²) < 4.78 is 16.9. The Labute approximate surface area is 237 Å². The molecule has 224 valence electrons. The molecule has 0 aliphatic carbocycles. The molecule has 0 unspecified atom stereocenters. The van der Waals surface area contributed by atoms with Crippen molar-refractivity contribution in [3.05, 3.63) is 71.8 Å². The van der Waals surface area contributed by atoms with Crippen molar-refractivity contribution in [1.82, 2.24) is 0 Å². The Morgan fingerprint density at radius 3 is 1.29 bits per heavy atom. The number of carbonyl (C=O) groups is 2. The van der Waals surface area contributed by atoms with Crippen LogP contribution in [0.25, 0.3) is 0 Å². The number of benzene rings is 2. The molecule has 10 atom stereocenters. The molecule has 4 rings (SSSR count). The van der Waals surface area contributed by atoms with Gasteiger partial charge in [0.05, 0.1) is 12.2 Å². The second kappa shape index (κ2) is 14.5. The fourth-order valence-electron chi connectivity index (χ4n) is 5.10. The normalized spacial score (nSPS) is 33.8. The van der Waals surface area contributed by atoms with Crippen molar-refractivity contribution in [3.8, 4) is 0 Å². The summed E-state index contributed by atoms with van der Waals surface area (Å²) in [6.07, 6.45) is -14.8. The summed E-state index contributed by atoms with van der Waals surface area (Å²) in [6, 6.07) is 18.2. The van der Waals surface area contributed by atoms with Gasteiger partial charge in [-0.25, -0.2) is 0 Å². The van der Waals surface area contributed by atoms with Crippen LogP contribution in [0.15, 0.2) is 60.7 Å². The van der Waals surface area contributed by atoms with Crippen LogP contribution in [-0.4, -0.2) is 104 Å². The second-order valence-corrected chi connectivity index (χ2v) is 10.6. The topological polar surface area (TPSA) is 183 Å². The molecule has 11 nitrogen and oxygen atoms in total. The summed E-state index contributed by atoms with van der Waals surface area (Å²) in [5, 5.41) is 62.7. The number of aliphatic hydroxyl groups is 6. The van der Waals surface area contributed by atoms with E-state index in [1.807, 2.05) is 60.7 Å². The van der Waals surface area contributed by atoms with Crippen LogP contribution in [0.2, 0.25) is 0 Å². The largest absolute Gasteiger partial charge is 0.388 e. The molecular formula is C30H38O11. The monoisotopic (exact) mass is 574 g/mol. The fraction of sp³-hybridized carbons (Fsp3) is 0.533. The molecule has 0 bridgehead atoms. The van der Waals surface area contributed by atoms with E-state index in [9.17, 15) is 40.2 Å². The minimum atomic E-state index is -1.74. The molecule has 2 aromatic carbocycles. The zero-order valence-corrected chi connectivity index (χ0v) is 22.5. The predicted molar refractivity (Wildman–Crippen MR) is 143 cm³/mol. The molecule has 0 spiro atoms. The smallest absolute Gasteiger partial charge is 0.189 e. The van der Waals surface area contributed by atoms with Gasteiger partial charge in [0.25, 0.3) is 0 Å². The van der Waals surface area contributed by atoms with Gasteiger partial charge in [-0.1, -0.05) is 60.7 Å². The molecule has 0 aromatic heterocycles. The van der Waals surface area contributed by atoms with Gasteiger partial charge in [-0.15, -0.1) is 0 Å². The zero-order valence-electron chi connectivity index (χ0n) is 22.5. The minimum absolute atomic E-state index is 0.0258. The first-order valence-corrected chi connectivity index (χ1v) is 13.8. The molecule has 41 heavy (non-hydrogen) atoms. The Kier molecular flexibility index (Phi) is 11.1. The first-order valence-electron chi connectivity index (χ1n) is 13.8. The highest BCUT2D eigenvalue weighted by molar-refractivity contribution is 5.81. The van der Waals surface area contributed by atoms with Crippen LogP contribution in [0.1, 0.15) is 36.8 Å². The van der Waals surface area contributed by atoms with Crippen LogP contribution in [0.5, 0.6) is 0 Å². The van der Waals surface area contributed by atoms with Crippen molar-refractivity contribution in [2.24, 2.45) is 0 Å². The number of rotatable bonds is 12. The summed E-state index contributed by atoms with van der Waals surface area (Å²) in [5.74, 6) is -0.226. The Morgan fingerprint density at radius 1 is 0.561 bits per heavy atom. The third kappa shape index (κ3) is 8.25. The van der Waals surface area contributed by atoms with Crippen molar-refractivity contribution in [2.45, 2.75) is 99.9 Å². The number of ketones is 2. The van der Waals surface area contributed by atoms with Gasteiger partial charge < -0.3 is 44.8 Å². The predicted octanol–water partition coefficient (Wildman–Crippen LogP) is -0.198. The number of Topliss-reactive ketones (excluding diaryl/α,β-unsaturated/α-hetero) is 2. The summed E-state index contributed by atoms with van der Waals surface area (Å²) >= 11 is 0. The van der Waals surface area contributed by atoms with Gasteiger partial charge in [-0.3, -0.25) is 9.59 Å². The lowest BCUT2D eigenvalue weighted by molar-refractivity contribution is -0.374. The van der Waals surface area contributed by atoms with E-state index in [0.717, 1.165) is 11.1 Å². The first-order chi connectivity index (χ1) is 19.6. The van der Waals surface area contributed by atoms with E-state index >= 15 is 0 Å². The first kappa shape index (κ1) is 31.4. The quantitative estimate of drug-likeness (QED) is 0.197. The zero-order chi connectivity index (χ0) is 29.5. The van der Waals surface area contributed by atoms with E-state index in [-0.39, 0.29) is 50.1 Å². The Hall–Kier alpha value is -2.58. The number of hydrogen-bond donors (Lipinski definition) is 6. The average Bonchev–Trinajstić information content (AvgIpc) is 2.97. The lowest BCUT2D eigenvalue weighted by atomic mass is 9.93. The van der Waals surface area contributed by atoms with Gasteiger partial charge in [0.2, 0.25) is 0 Å². The van der Waals surface area contributed by atoms with E-state index in [1.54, 1.807) is 0 Å². The molecular weight excluding hydrogens is 536 g/mol. The second-order valence-electron chi connectivity index (χ2n) is 10.6. The van der Waals surface area contributed by atoms with Crippen LogP contribution < -0.4 is 0 Å². The standard InChI is InChI=1S/C30H38O11/c31-19(15-17-7-3-1-4-8-17)11-13-21-23(33)25(35)27(37)29(39-21)41-30-28(38)26(36)24(34)22(40-30)14-12-20(32)16-18-9-5-2-6-10-18/h1-10,21-30,33-38H,11-16H2/t21-,22-,23-,24-,25+,26+,27-,28-,29-,30-/m1/s1. The maximum absolute atomic E-state index is 12.5. The molecule has 2 aliphatic heterocycles. The maximum atomic E-state index is 12.5. The van der Waals surface area contributed by atoms with Gasteiger partial charge >= 0.3 is 0 Å². The lowest BCUT2D eigenvalue weighted by Gasteiger charge is -2.45. The highest BCUT2D eigenvalue weighted by atomic mass is 16.8. The van der Waals surface area contributed by atoms with Crippen molar-refractivity contribution < 1.29 is 54.4 Å². The third-order valence-electron chi connectivity index (χ3n) is 7.51. The van der Waals surface area contributed by atoms with Gasteiger partial charge in [0.1, 0.15) is 48.2 Å². The molecule has 2 saturated heterocycles. The molecule has 2 aliphatic rings. The maximum Gasteiger partial charge on any atom is 0.189 e. The molecule has 2 heterocycles. The van der Waals surface area contributed by atoms with Crippen LogP contribution >= 0.6 is 0 Å². The molecule has 11 heteroatoms. The van der Waals surface area contributed by atoms with Crippen molar-refractivity contribution >= 4 is 11.6 Å². The number of hydrogen-bond acceptors (Lipinski definition) is 11. The number of ether oxygens (including phenoxy) is 3. The van der Waals surface area contributed by atoms with Crippen LogP contribution in [0, 0.1) is 0 Å². The van der Waals surface area contributed by atoms with Crippen molar-refractivity contribution in [3.63, 3.8) is 0 Å². The third-order valence-corrected chi connectivity index (χ3v) is 7.51. The summed E-state index contributed by atoms with van der Waals surface area (Å²) in [5.41, 5.74) is 1.67. The Balaban J connectivity index is 1.33. The van der Waals surface area contributed by atoms with Crippen LogP contribution in [-0.2, 0) is 36.6 Å². The SMILES string of the molecule is O=C(CC[C@H]1O[C@H](O[C@H]2O[C@H](CCC(=O)Cc3ccccc3)[C@@H](O)[C@H](O)[C@H]2O)[C@H](O)[C@@H](O)[C@@H]1O)Cc1ccccc1. The highest BCUT2D eigenvalue weighted by Crippen LogP contribution is 2.30. The van der Waals surface area contributed by atoms with Gasteiger partial charge in [-0.2, -0.15) is 0 Å². The van der Waals surface area contributed by atoms with Gasteiger partial charge in [0.15, 0.2) is 12.6 Å². The summed E-state index contributed by atoms with van der Waals surface area (Å²) in [6.45, 7) is 0. The van der Waals surface area contributed by atoms with E-state index in [4.69, 9.17) is 14.2 Å². The van der Waals surface area contributed by atoms with E-state index in [1.165, 1.54) is 0 Å². The van der Waals surface area contributed by atoms with E-state index < -0.39 is 61.4 Å². The van der Waals surface area contributed by atoms with Crippen LogP contribution in [0.3, 0.4) is 0 Å². The average molecular weight is 575 g/mol. The fourth-order valence-corrected chi connectivity index (χ4v) is 5.10. The Morgan fingerprint density at radius 2 is 0.927 bits per heavy atom. The van der Waals surface area contributed by atoms with Gasteiger partial charge in [0, 0.05) is 25.7 Å². The summed E-state index contributed by atoms with van der Waals surface area (Å²) in [7, 11) is 0. The van der Waals surface area contributed by atoms with E-state index in [0.29, 0.717) is 0 Å². The van der Waals surface area contributed by atoms with E-state index in [2.05, 4.69) is 0 Å².